The van der Waals surface area contributed by atoms with Crippen LogP contribution in [0.2, 0.25) is 0 Å². The third-order valence-electron chi connectivity index (χ3n) is 12.3. The van der Waals surface area contributed by atoms with Crippen molar-refractivity contribution in [3.8, 4) is 22.3 Å². The zero-order valence-corrected chi connectivity index (χ0v) is 29.0. The lowest BCUT2D eigenvalue weighted by Gasteiger charge is -2.48. The highest BCUT2D eigenvalue weighted by Crippen LogP contribution is 2.67. The van der Waals surface area contributed by atoms with Crippen LogP contribution in [0.15, 0.2) is 156 Å². The number of rotatable bonds is 3. The fourth-order valence-corrected chi connectivity index (χ4v) is 10.3. The Hall–Kier alpha value is -5.27. The zero-order valence-electron chi connectivity index (χ0n) is 29.0. The molecule has 242 valence electrons. The fraction of sp³-hybridized carbons (Fsp3) is 0.204. The van der Waals surface area contributed by atoms with Crippen LogP contribution in [0.4, 0.5) is 0 Å². The molecular weight excluding hydrogens is 603 g/mol. The van der Waals surface area contributed by atoms with E-state index in [2.05, 4.69) is 153 Å². The first kappa shape index (κ1) is 29.6. The highest BCUT2D eigenvalue weighted by Gasteiger charge is 2.58. The normalized spacial score (nSPS) is 17.4. The van der Waals surface area contributed by atoms with Crippen molar-refractivity contribution < 1.29 is 0 Å². The van der Waals surface area contributed by atoms with Gasteiger partial charge in [0, 0.05) is 17.8 Å². The van der Waals surface area contributed by atoms with Crippen LogP contribution in [0.1, 0.15) is 96.0 Å². The molecule has 0 radical (unpaired) electrons. The standard InChI is InChI=1S/C49H41N/c1-32-16-4-3-5-27-47(32)50-33(2)30-34-28-29-42-38(31-34)37-19-8-11-22-41(37)49(42)45-25-14-12-23-43(45)48(44-24-13-15-26-46(44)49)39-20-9-6-17-35(39)36-18-7-10-21-40(36)48/h6-15,17-26,28-29,31H,3-5,16,27,30H2,1-2H3. The van der Waals surface area contributed by atoms with Crippen molar-refractivity contribution in [1.29, 1.82) is 0 Å². The van der Waals surface area contributed by atoms with E-state index in [4.69, 9.17) is 4.99 Å². The number of hydrogen-bond acceptors (Lipinski definition) is 1. The number of allylic oxidation sites excluding steroid dienone is 2. The molecule has 2 spiro atoms. The van der Waals surface area contributed by atoms with Gasteiger partial charge in [-0.2, -0.15) is 0 Å². The molecule has 6 aromatic carbocycles. The van der Waals surface area contributed by atoms with E-state index in [1.54, 1.807) is 0 Å². The second kappa shape index (κ2) is 11.1. The molecule has 0 unspecified atom stereocenters. The third kappa shape index (κ3) is 3.87. The van der Waals surface area contributed by atoms with Crippen molar-refractivity contribution in [2.24, 2.45) is 4.99 Å². The van der Waals surface area contributed by atoms with Gasteiger partial charge in [-0.15, -0.1) is 0 Å². The molecule has 0 aliphatic heterocycles. The zero-order chi connectivity index (χ0) is 33.5. The van der Waals surface area contributed by atoms with Gasteiger partial charge in [0.25, 0.3) is 0 Å². The highest BCUT2D eigenvalue weighted by atomic mass is 14.8. The van der Waals surface area contributed by atoms with Crippen molar-refractivity contribution in [1.82, 2.24) is 0 Å². The van der Waals surface area contributed by atoms with E-state index in [-0.39, 0.29) is 0 Å². The van der Waals surface area contributed by atoms with E-state index >= 15 is 0 Å². The Balaban J connectivity index is 1.22. The summed E-state index contributed by atoms with van der Waals surface area (Å²) in [4.78, 5) is 5.23. The molecule has 1 heteroatoms. The molecule has 10 rings (SSSR count). The highest BCUT2D eigenvalue weighted by molar-refractivity contribution is 5.94. The number of benzene rings is 6. The Kier molecular flexibility index (Phi) is 6.59. The number of nitrogens with zero attached hydrogens (tertiary/aromatic N) is 1. The molecule has 0 fully saturated rings. The topological polar surface area (TPSA) is 12.4 Å². The van der Waals surface area contributed by atoms with Crippen molar-refractivity contribution in [3.63, 3.8) is 0 Å². The van der Waals surface area contributed by atoms with Gasteiger partial charge in [0.2, 0.25) is 0 Å². The Morgan fingerprint density at radius 2 is 0.900 bits per heavy atom. The molecule has 50 heavy (non-hydrogen) atoms. The average molecular weight is 644 g/mol. The van der Waals surface area contributed by atoms with Crippen molar-refractivity contribution in [2.75, 3.05) is 0 Å². The summed E-state index contributed by atoms with van der Waals surface area (Å²) in [5.41, 5.74) is 21.0. The predicted octanol–water partition coefficient (Wildman–Crippen LogP) is 12.0. The van der Waals surface area contributed by atoms with E-state index in [1.807, 2.05) is 0 Å². The maximum Gasteiger partial charge on any atom is 0.0720 e. The fourth-order valence-electron chi connectivity index (χ4n) is 10.3. The summed E-state index contributed by atoms with van der Waals surface area (Å²) in [6, 6.07) is 53.5. The van der Waals surface area contributed by atoms with Gasteiger partial charge in [0.15, 0.2) is 0 Å². The molecular formula is C49H41N. The molecule has 0 N–H and O–H groups in total. The van der Waals surface area contributed by atoms with E-state index in [9.17, 15) is 0 Å². The van der Waals surface area contributed by atoms with Crippen molar-refractivity contribution in [3.05, 3.63) is 201 Å². The van der Waals surface area contributed by atoms with Gasteiger partial charge in [0.1, 0.15) is 0 Å². The SMILES string of the molecule is CC(Cc1ccc2c(c1)-c1ccccc1C21c2ccccc2C2(c3ccccc3-c3ccccc32)c2ccccc21)=NC1=C(C)CCCCC1. The monoisotopic (exact) mass is 643 g/mol. The number of fused-ring (bicyclic) bond motifs is 16. The van der Waals surface area contributed by atoms with Crippen LogP contribution < -0.4 is 0 Å². The molecule has 0 amide bonds. The Bertz CT molecular complexity index is 2320. The van der Waals surface area contributed by atoms with Gasteiger partial charge in [0.05, 0.1) is 10.8 Å². The lowest BCUT2D eigenvalue weighted by atomic mass is 9.52. The maximum atomic E-state index is 5.23. The molecule has 0 saturated carbocycles. The number of hydrogen-bond donors (Lipinski definition) is 0. The lowest BCUT2D eigenvalue weighted by molar-refractivity contribution is 0.633. The largest absolute Gasteiger partial charge is 0.262 e. The molecule has 0 heterocycles. The maximum absolute atomic E-state index is 5.23. The van der Waals surface area contributed by atoms with Crippen LogP contribution in [-0.2, 0) is 17.3 Å². The van der Waals surface area contributed by atoms with Gasteiger partial charge in [-0.25, -0.2) is 0 Å². The summed E-state index contributed by atoms with van der Waals surface area (Å²) in [7, 11) is 0. The first-order chi connectivity index (χ1) is 24.6. The Morgan fingerprint density at radius 1 is 0.480 bits per heavy atom. The summed E-state index contributed by atoms with van der Waals surface area (Å²) in [6.45, 7) is 4.51. The van der Waals surface area contributed by atoms with Crippen LogP contribution in [-0.4, -0.2) is 5.71 Å². The molecule has 0 saturated heterocycles. The van der Waals surface area contributed by atoms with Crippen LogP contribution in [0.3, 0.4) is 0 Å². The van der Waals surface area contributed by atoms with E-state index in [0.717, 1.165) is 12.8 Å². The molecule has 0 aromatic heterocycles. The quantitative estimate of drug-likeness (QED) is 0.170. The summed E-state index contributed by atoms with van der Waals surface area (Å²) >= 11 is 0. The molecule has 6 aromatic rings. The van der Waals surface area contributed by atoms with Crippen LogP contribution >= 0.6 is 0 Å². The lowest BCUT2D eigenvalue weighted by Crippen LogP contribution is -2.43. The van der Waals surface area contributed by atoms with Crippen LogP contribution in [0.25, 0.3) is 22.3 Å². The van der Waals surface area contributed by atoms with E-state index in [0.29, 0.717) is 0 Å². The second-order valence-electron chi connectivity index (χ2n) is 14.9. The predicted molar refractivity (Wildman–Crippen MR) is 207 cm³/mol. The summed E-state index contributed by atoms with van der Waals surface area (Å²) in [6.07, 6.45) is 7.02. The Morgan fingerprint density at radius 3 is 1.42 bits per heavy atom. The first-order valence-electron chi connectivity index (χ1n) is 18.5. The number of aliphatic imine (C=N–C) groups is 1. The third-order valence-corrected chi connectivity index (χ3v) is 12.3. The van der Waals surface area contributed by atoms with Gasteiger partial charge in [-0.3, -0.25) is 4.99 Å². The Labute approximate surface area is 296 Å². The summed E-state index contributed by atoms with van der Waals surface area (Å²) in [5.74, 6) is 0. The molecule has 0 atom stereocenters. The van der Waals surface area contributed by atoms with Crippen LogP contribution in [0.5, 0.6) is 0 Å². The molecule has 1 nitrogen and oxygen atoms in total. The van der Waals surface area contributed by atoms with Gasteiger partial charge in [-0.1, -0.05) is 152 Å². The van der Waals surface area contributed by atoms with E-state index < -0.39 is 10.8 Å². The molecule has 4 aliphatic carbocycles. The smallest absolute Gasteiger partial charge is 0.0720 e. The summed E-state index contributed by atoms with van der Waals surface area (Å²) < 4.78 is 0. The minimum Gasteiger partial charge on any atom is -0.262 e. The van der Waals surface area contributed by atoms with E-state index in [1.165, 1.54) is 115 Å². The average Bonchev–Trinajstić information content (AvgIpc) is 3.52. The summed E-state index contributed by atoms with van der Waals surface area (Å²) in [5, 5.41) is 0. The minimum atomic E-state index is -0.430. The molecule has 0 bridgehead atoms. The second-order valence-corrected chi connectivity index (χ2v) is 14.9. The van der Waals surface area contributed by atoms with Crippen molar-refractivity contribution in [2.45, 2.75) is 63.2 Å². The first-order valence-corrected chi connectivity index (χ1v) is 18.5. The van der Waals surface area contributed by atoms with Gasteiger partial charge >= 0.3 is 0 Å². The molecule has 4 aliphatic rings. The minimum absolute atomic E-state index is 0.401. The van der Waals surface area contributed by atoms with Gasteiger partial charge < -0.3 is 0 Å². The van der Waals surface area contributed by atoms with Crippen LogP contribution in [0, 0.1) is 0 Å². The van der Waals surface area contributed by atoms with Gasteiger partial charge in [-0.05, 0) is 112 Å². The van der Waals surface area contributed by atoms with Crippen molar-refractivity contribution >= 4 is 5.71 Å².